The maximum absolute atomic E-state index is 13.1. The third kappa shape index (κ3) is 4.60. The van der Waals surface area contributed by atoms with Crippen LogP contribution < -0.4 is 5.32 Å². The summed E-state index contributed by atoms with van der Waals surface area (Å²) in [6.07, 6.45) is 0.749. The summed E-state index contributed by atoms with van der Waals surface area (Å²) < 4.78 is 5.36. The quantitative estimate of drug-likeness (QED) is 0.357. The van der Waals surface area contributed by atoms with Crippen molar-refractivity contribution in [1.29, 1.82) is 0 Å². The summed E-state index contributed by atoms with van der Waals surface area (Å²) in [7, 11) is 0. The monoisotopic (exact) mass is 470 g/mol. The number of carbonyl (C=O) groups excluding carboxylic acids is 2. The molecule has 1 N–H and O–H groups in total. The molecule has 0 saturated heterocycles. The van der Waals surface area contributed by atoms with Gasteiger partial charge >= 0.3 is 5.97 Å². The first-order chi connectivity index (χ1) is 16.6. The number of amides is 1. The topological polar surface area (TPSA) is 58.6 Å². The Bertz CT molecular complexity index is 1350. The predicted octanol–water partition coefficient (Wildman–Crippen LogP) is 5.89. The van der Waals surface area contributed by atoms with Crippen molar-refractivity contribution in [3.8, 4) is 0 Å². The first-order valence-corrected chi connectivity index (χ1v) is 12.3. The molecule has 1 aromatic heterocycles. The van der Waals surface area contributed by atoms with E-state index in [9.17, 15) is 9.59 Å². The minimum absolute atomic E-state index is 0.226. The number of thiophene rings is 1. The molecule has 5 rings (SSSR count). The lowest BCUT2D eigenvalue weighted by Gasteiger charge is -2.27. The van der Waals surface area contributed by atoms with E-state index in [0.717, 1.165) is 47.3 Å². The summed E-state index contributed by atoms with van der Waals surface area (Å²) in [5, 5.41) is 5.67. The van der Waals surface area contributed by atoms with Crippen LogP contribution in [0.25, 0.3) is 10.8 Å². The second-order valence-electron chi connectivity index (χ2n) is 8.39. The zero-order valence-corrected chi connectivity index (χ0v) is 19.9. The van der Waals surface area contributed by atoms with E-state index >= 15 is 0 Å². The summed E-state index contributed by atoms with van der Waals surface area (Å²) in [6, 6.07) is 24.0. The molecule has 2 heterocycles. The average molecular weight is 471 g/mol. The third-order valence-electron chi connectivity index (χ3n) is 6.10. The molecule has 1 aliphatic heterocycles. The molecule has 1 amide bonds. The van der Waals surface area contributed by atoms with Crippen molar-refractivity contribution in [1.82, 2.24) is 4.90 Å². The molecule has 1 aliphatic rings. The second kappa shape index (κ2) is 9.79. The van der Waals surface area contributed by atoms with Crippen LogP contribution in [0.1, 0.15) is 43.6 Å². The first-order valence-electron chi connectivity index (χ1n) is 11.5. The van der Waals surface area contributed by atoms with E-state index in [2.05, 4.69) is 34.5 Å². The number of hydrogen-bond acceptors (Lipinski definition) is 5. The van der Waals surface area contributed by atoms with Gasteiger partial charge in [-0.1, -0.05) is 60.7 Å². The molecule has 172 valence electrons. The summed E-state index contributed by atoms with van der Waals surface area (Å²) >= 11 is 1.48. The molecule has 0 saturated carbocycles. The Balaban J connectivity index is 1.42. The van der Waals surface area contributed by atoms with Crippen LogP contribution in [-0.4, -0.2) is 29.9 Å². The van der Waals surface area contributed by atoms with Gasteiger partial charge in [0.1, 0.15) is 5.00 Å². The van der Waals surface area contributed by atoms with Gasteiger partial charge in [-0.05, 0) is 47.4 Å². The van der Waals surface area contributed by atoms with Crippen molar-refractivity contribution in [2.75, 3.05) is 18.5 Å². The highest BCUT2D eigenvalue weighted by Crippen LogP contribution is 2.38. The number of ether oxygens (including phenoxy) is 1. The van der Waals surface area contributed by atoms with Gasteiger partial charge in [0.2, 0.25) is 0 Å². The Morgan fingerprint density at radius 3 is 2.56 bits per heavy atom. The lowest BCUT2D eigenvalue weighted by atomic mass is 10.0. The third-order valence-corrected chi connectivity index (χ3v) is 7.24. The van der Waals surface area contributed by atoms with E-state index in [1.807, 2.05) is 48.5 Å². The van der Waals surface area contributed by atoms with Crippen molar-refractivity contribution in [3.63, 3.8) is 0 Å². The van der Waals surface area contributed by atoms with Crippen LogP contribution in [0.4, 0.5) is 5.00 Å². The molecule has 0 radical (unpaired) electrons. The van der Waals surface area contributed by atoms with Crippen molar-refractivity contribution in [3.05, 3.63) is 99.9 Å². The van der Waals surface area contributed by atoms with Crippen molar-refractivity contribution in [2.24, 2.45) is 0 Å². The van der Waals surface area contributed by atoms with Gasteiger partial charge in [0.05, 0.1) is 12.2 Å². The van der Waals surface area contributed by atoms with E-state index in [1.54, 1.807) is 6.92 Å². The second-order valence-corrected chi connectivity index (χ2v) is 9.50. The number of anilines is 1. The van der Waals surface area contributed by atoms with Crippen LogP contribution >= 0.6 is 11.3 Å². The summed E-state index contributed by atoms with van der Waals surface area (Å²) in [5.74, 6) is -0.596. The van der Waals surface area contributed by atoms with Crippen LogP contribution in [0, 0.1) is 0 Å². The minimum atomic E-state index is -0.370. The molecule has 5 nitrogen and oxygen atoms in total. The molecule has 34 heavy (non-hydrogen) atoms. The fourth-order valence-electron chi connectivity index (χ4n) is 4.45. The Morgan fingerprint density at radius 1 is 1.00 bits per heavy atom. The van der Waals surface area contributed by atoms with Gasteiger partial charge in [-0.15, -0.1) is 11.3 Å². The van der Waals surface area contributed by atoms with Crippen LogP contribution in [0.15, 0.2) is 72.8 Å². The van der Waals surface area contributed by atoms with Crippen LogP contribution in [0.3, 0.4) is 0 Å². The average Bonchev–Trinajstić information content (AvgIpc) is 3.21. The number of hydrogen-bond donors (Lipinski definition) is 1. The molecule has 0 spiro atoms. The molecule has 0 fully saturated rings. The molecule has 4 aromatic rings. The maximum Gasteiger partial charge on any atom is 0.341 e. The molecular weight excluding hydrogens is 444 g/mol. The molecular formula is C28H26N2O3S. The van der Waals surface area contributed by atoms with E-state index in [4.69, 9.17) is 4.74 Å². The standard InChI is InChI=1S/C28H26N2O3S/c1-2-33-28(32)25-23-14-15-30(17-19-8-4-3-5-9-19)18-24(23)34-27(25)29-26(31)22-13-12-20-10-6-7-11-21(20)16-22/h3-13,16H,2,14-15,17-18H2,1H3,(H,29,31). The van der Waals surface area contributed by atoms with E-state index in [-0.39, 0.29) is 11.9 Å². The molecule has 3 aromatic carbocycles. The Morgan fingerprint density at radius 2 is 1.76 bits per heavy atom. The first kappa shape index (κ1) is 22.3. The molecule has 0 bridgehead atoms. The normalized spacial score (nSPS) is 13.4. The largest absolute Gasteiger partial charge is 0.462 e. The van der Waals surface area contributed by atoms with E-state index in [0.29, 0.717) is 22.7 Å². The highest BCUT2D eigenvalue weighted by Gasteiger charge is 2.29. The zero-order chi connectivity index (χ0) is 23.5. The summed E-state index contributed by atoms with van der Waals surface area (Å²) in [4.78, 5) is 29.5. The van der Waals surface area contributed by atoms with Gasteiger partial charge in [0, 0.05) is 30.1 Å². The number of esters is 1. The van der Waals surface area contributed by atoms with Crippen molar-refractivity contribution >= 4 is 39.0 Å². The van der Waals surface area contributed by atoms with Crippen molar-refractivity contribution < 1.29 is 14.3 Å². The van der Waals surface area contributed by atoms with Crippen LogP contribution in [0.2, 0.25) is 0 Å². The Hall–Kier alpha value is -3.48. The molecule has 6 heteroatoms. The van der Waals surface area contributed by atoms with Gasteiger partial charge in [-0.25, -0.2) is 4.79 Å². The lowest BCUT2D eigenvalue weighted by molar-refractivity contribution is 0.0526. The molecule has 0 aliphatic carbocycles. The maximum atomic E-state index is 13.1. The van der Waals surface area contributed by atoms with Gasteiger partial charge in [-0.3, -0.25) is 9.69 Å². The SMILES string of the molecule is CCOC(=O)c1c(NC(=O)c2ccc3ccccc3c2)sc2c1CCN(Cc1ccccc1)C2. The molecule has 0 atom stereocenters. The Kier molecular flexibility index (Phi) is 6.43. The van der Waals surface area contributed by atoms with E-state index < -0.39 is 0 Å². The molecule has 0 unspecified atom stereocenters. The minimum Gasteiger partial charge on any atom is -0.462 e. The van der Waals surface area contributed by atoms with E-state index in [1.165, 1.54) is 16.9 Å². The van der Waals surface area contributed by atoms with Crippen LogP contribution in [-0.2, 0) is 24.2 Å². The number of nitrogens with zero attached hydrogens (tertiary/aromatic N) is 1. The van der Waals surface area contributed by atoms with Gasteiger partial charge < -0.3 is 10.1 Å². The predicted molar refractivity (Wildman–Crippen MR) is 136 cm³/mol. The number of benzene rings is 3. The number of rotatable bonds is 6. The number of fused-ring (bicyclic) bond motifs is 2. The lowest BCUT2D eigenvalue weighted by Crippen LogP contribution is -2.29. The highest BCUT2D eigenvalue weighted by atomic mass is 32.1. The Labute approximate surface area is 203 Å². The smallest absolute Gasteiger partial charge is 0.341 e. The number of carbonyl (C=O) groups is 2. The van der Waals surface area contributed by atoms with Gasteiger partial charge in [0.15, 0.2) is 0 Å². The fraction of sp³-hybridized carbons (Fsp3) is 0.214. The fourth-order valence-corrected chi connectivity index (χ4v) is 5.72. The van der Waals surface area contributed by atoms with Gasteiger partial charge in [0.25, 0.3) is 5.91 Å². The van der Waals surface area contributed by atoms with Gasteiger partial charge in [-0.2, -0.15) is 0 Å². The summed E-state index contributed by atoms with van der Waals surface area (Å²) in [6.45, 7) is 4.54. The zero-order valence-electron chi connectivity index (χ0n) is 19.0. The summed E-state index contributed by atoms with van der Waals surface area (Å²) in [5.41, 5.74) is 3.33. The number of nitrogens with one attached hydrogen (secondary N) is 1. The van der Waals surface area contributed by atoms with Crippen LogP contribution in [0.5, 0.6) is 0 Å². The van der Waals surface area contributed by atoms with Crippen molar-refractivity contribution in [2.45, 2.75) is 26.4 Å². The highest BCUT2D eigenvalue weighted by molar-refractivity contribution is 7.17.